The number of benzene rings is 2. The Bertz CT molecular complexity index is 491. The fraction of sp³-hybridized carbons (Fsp3) is 0.0714. The topological polar surface area (TPSA) is 26.3 Å². The van der Waals surface area contributed by atoms with Gasteiger partial charge in [0, 0.05) is 0 Å². The molecule has 0 N–H and O–H groups in total. The van der Waals surface area contributed by atoms with Crippen LogP contribution in [0.2, 0.25) is 0 Å². The number of hydrogen-bond donors (Lipinski definition) is 0. The number of ether oxygens (including phenoxy) is 1. The van der Waals surface area contributed by atoms with Crippen molar-refractivity contribution in [2.45, 2.75) is 6.61 Å². The Balaban J connectivity index is 1.96. The first-order valence-electron chi connectivity index (χ1n) is 5.53. The van der Waals surface area contributed by atoms with Crippen LogP contribution in [0.15, 0.2) is 54.6 Å². The van der Waals surface area contributed by atoms with Gasteiger partial charge >= 0.3 is 5.97 Å². The van der Waals surface area contributed by atoms with Crippen molar-refractivity contribution in [1.29, 1.82) is 0 Å². The Hall–Kier alpha value is -2.03. The lowest BCUT2D eigenvalue weighted by molar-refractivity contribution is 0.0473. The van der Waals surface area contributed by atoms with Crippen molar-refractivity contribution >= 4 is 19.3 Å². The predicted molar refractivity (Wildman–Crippen MR) is 70.2 cm³/mol. The molecule has 0 radical (unpaired) electrons. The number of carbonyl (C=O) groups is 1. The van der Waals surface area contributed by atoms with Crippen molar-refractivity contribution in [3.05, 3.63) is 65.7 Å². The van der Waals surface area contributed by atoms with Crippen molar-refractivity contribution < 1.29 is 9.53 Å². The predicted octanol–water partition coefficient (Wildman–Crippen LogP) is 1.30. The van der Waals surface area contributed by atoms with Gasteiger partial charge in [0.1, 0.15) is 14.5 Å². The van der Waals surface area contributed by atoms with Crippen LogP contribution in [0.5, 0.6) is 0 Å². The molecule has 0 aromatic heterocycles. The number of rotatable bonds is 3. The average molecular weight is 224 g/mol. The molecule has 2 aromatic rings. The van der Waals surface area contributed by atoms with E-state index < -0.39 is 0 Å². The van der Waals surface area contributed by atoms with Gasteiger partial charge in [-0.2, -0.15) is 0 Å². The van der Waals surface area contributed by atoms with Crippen LogP contribution in [0.3, 0.4) is 0 Å². The molecule has 0 amide bonds. The average Bonchev–Trinajstić information content (AvgIpc) is 2.38. The van der Waals surface area contributed by atoms with Crippen LogP contribution >= 0.6 is 0 Å². The summed E-state index contributed by atoms with van der Waals surface area (Å²) in [5.41, 5.74) is 2.71. The van der Waals surface area contributed by atoms with E-state index in [0.29, 0.717) is 12.2 Å². The highest BCUT2D eigenvalue weighted by molar-refractivity contribution is 6.32. The van der Waals surface area contributed by atoms with E-state index >= 15 is 0 Å². The second-order valence-corrected chi connectivity index (χ2v) is 3.93. The third kappa shape index (κ3) is 3.21. The normalized spacial score (nSPS) is 9.88. The molecule has 0 saturated carbocycles. The Morgan fingerprint density at radius 1 is 1.00 bits per heavy atom. The fourth-order valence-corrected chi connectivity index (χ4v) is 1.50. The molecule has 0 spiro atoms. The first kappa shape index (κ1) is 11.5. The lowest BCUT2D eigenvalue weighted by Crippen LogP contribution is -2.08. The quantitative estimate of drug-likeness (QED) is 0.580. The highest BCUT2D eigenvalue weighted by Crippen LogP contribution is 2.05. The zero-order chi connectivity index (χ0) is 12.1. The number of esters is 1. The SMILES string of the molecule is Bc1ccc(C(=O)OCc2ccccc2)cc1. The summed E-state index contributed by atoms with van der Waals surface area (Å²) in [5.74, 6) is -0.283. The molecule has 0 atom stereocenters. The molecule has 0 aliphatic heterocycles. The third-order valence-corrected chi connectivity index (χ3v) is 2.50. The maximum atomic E-state index is 11.7. The van der Waals surface area contributed by atoms with Gasteiger partial charge in [0.05, 0.1) is 5.56 Å². The minimum Gasteiger partial charge on any atom is -0.457 e. The molecule has 17 heavy (non-hydrogen) atoms. The van der Waals surface area contributed by atoms with Gasteiger partial charge in [0.15, 0.2) is 0 Å². The van der Waals surface area contributed by atoms with Crippen molar-refractivity contribution in [1.82, 2.24) is 0 Å². The largest absolute Gasteiger partial charge is 0.457 e. The van der Waals surface area contributed by atoms with Crippen molar-refractivity contribution in [3.8, 4) is 0 Å². The zero-order valence-electron chi connectivity index (χ0n) is 9.72. The second kappa shape index (κ2) is 5.35. The van der Waals surface area contributed by atoms with E-state index in [2.05, 4.69) is 0 Å². The van der Waals surface area contributed by atoms with Crippen molar-refractivity contribution in [2.75, 3.05) is 0 Å². The summed E-state index contributed by atoms with van der Waals surface area (Å²) in [7, 11) is 1.99. The Kier molecular flexibility index (Phi) is 3.60. The minimum absolute atomic E-state index is 0.283. The standard InChI is InChI=1S/C14H13BO2/c15-13-8-6-12(7-9-13)14(16)17-10-11-4-2-1-3-5-11/h1-9H,10,15H2. The highest BCUT2D eigenvalue weighted by Gasteiger charge is 2.06. The number of hydrogen-bond acceptors (Lipinski definition) is 2. The molecular formula is C14H13BO2. The molecular weight excluding hydrogens is 211 g/mol. The summed E-state index contributed by atoms with van der Waals surface area (Å²) in [5, 5.41) is 0. The summed E-state index contributed by atoms with van der Waals surface area (Å²) in [6, 6.07) is 17.0. The summed E-state index contributed by atoms with van der Waals surface area (Å²) in [4.78, 5) is 11.7. The summed E-state index contributed by atoms with van der Waals surface area (Å²) >= 11 is 0. The molecule has 3 heteroatoms. The van der Waals surface area contributed by atoms with E-state index in [1.54, 1.807) is 12.1 Å². The smallest absolute Gasteiger partial charge is 0.338 e. The molecule has 0 saturated heterocycles. The fourth-order valence-electron chi connectivity index (χ4n) is 1.50. The molecule has 0 unspecified atom stereocenters. The van der Waals surface area contributed by atoms with E-state index in [1.165, 1.54) is 0 Å². The van der Waals surface area contributed by atoms with E-state index in [-0.39, 0.29) is 5.97 Å². The summed E-state index contributed by atoms with van der Waals surface area (Å²) in [6.07, 6.45) is 0. The maximum Gasteiger partial charge on any atom is 0.338 e. The van der Waals surface area contributed by atoms with Crippen LogP contribution in [-0.2, 0) is 11.3 Å². The Morgan fingerprint density at radius 3 is 2.29 bits per heavy atom. The van der Waals surface area contributed by atoms with Gasteiger partial charge in [-0.15, -0.1) is 0 Å². The van der Waals surface area contributed by atoms with Gasteiger partial charge in [0.2, 0.25) is 0 Å². The minimum atomic E-state index is -0.283. The van der Waals surface area contributed by atoms with Crippen LogP contribution in [0.1, 0.15) is 15.9 Å². The Morgan fingerprint density at radius 2 is 1.65 bits per heavy atom. The van der Waals surface area contributed by atoms with Crippen LogP contribution in [0.4, 0.5) is 0 Å². The maximum absolute atomic E-state index is 11.7. The molecule has 84 valence electrons. The first-order chi connectivity index (χ1) is 8.25. The second-order valence-electron chi connectivity index (χ2n) is 3.93. The van der Waals surface area contributed by atoms with Gasteiger partial charge < -0.3 is 4.74 Å². The highest BCUT2D eigenvalue weighted by atomic mass is 16.5. The number of carbonyl (C=O) groups excluding carboxylic acids is 1. The zero-order valence-corrected chi connectivity index (χ0v) is 9.72. The van der Waals surface area contributed by atoms with E-state index in [9.17, 15) is 4.79 Å². The first-order valence-corrected chi connectivity index (χ1v) is 5.53. The van der Waals surface area contributed by atoms with Crippen LogP contribution in [0, 0.1) is 0 Å². The molecule has 2 rings (SSSR count). The van der Waals surface area contributed by atoms with Crippen molar-refractivity contribution in [3.63, 3.8) is 0 Å². The lowest BCUT2D eigenvalue weighted by Gasteiger charge is -2.05. The van der Waals surface area contributed by atoms with Gasteiger partial charge in [-0.05, 0) is 17.7 Å². The van der Waals surface area contributed by atoms with Crippen LogP contribution < -0.4 is 5.46 Å². The van der Waals surface area contributed by atoms with E-state index in [0.717, 1.165) is 11.0 Å². The van der Waals surface area contributed by atoms with E-state index in [4.69, 9.17) is 4.74 Å². The molecule has 2 nitrogen and oxygen atoms in total. The van der Waals surface area contributed by atoms with Gasteiger partial charge in [-0.3, -0.25) is 0 Å². The molecule has 0 aliphatic rings. The third-order valence-electron chi connectivity index (χ3n) is 2.50. The molecule has 0 fully saturated rings. The van der Waals surface area contributed by atoms with Gasteiger partial charge in [-0.25, -0.2) is 4.79 Å². The van der Waals surface area contributed by atoms with Crippen LogP contribution in [-0.4, -0.2) is 13.8 Å². The van der Waals surface area contributed by atoms with E-state index in [1.807, 2.05) is 50.3 Å². The molecule has 2 aromatic carbocycles. The molecule has 0 bridgehead atoms. The summed E-state index contributed by atoms with van der Waals surface area (Å²) in [6.45, 7) is 0.313. The molecule has 0 aliphatic carbocycles. The van der Waals surface area contributed by atoms with Gasteiger partial charge in [-0.1, -0.05) is 47.9 Å². The molecule has 0 heterocycles. The van der Waals surface area contributed by atoms with Crippen molar-refractivity contribution in [2.24, 2.45) is 0 Å². The Labute approximate surface area is 102 Å². The monoisotopic (exact) mass is 224 g/mol. The lowest BCUT2D eigenvalue weighted by atomic mass is 9.95. The van der Waals surface area contributed by atoms with Gasteiger partial charge in [0.25, 0.3) is 0 Å². The van der Waals surface area contributed by atoms with Crippen LogP contribution in [0.25, 0.3) is 0 Å². The summed E-state index contributed by atoms with van der Waals surface area (Å²) < 4.78 is 5.22.